The summed E-state index contributed by atoms with van der Waals surface area (Å²) in [7, 11) is 0. The average Bonchev–Trinajstić information content (AvgIpc) is 3.25. The molecule has 0 radical (unpaired) electrons. The Hall–Kier alpha value is -3.47. The van der Waals surface area contributed by atoms with Crippen LogP contribution in [-0.4, -0.2) is 52.0 Å². The Morgan fingerprint density at radius 1 is 1.06 bits per heavy atom. The number of pyridine rings is 2. The fourth-order valence-corrected chi connectivity index (χ4v) is 3.60. The van der Waals surface area contributed by atoms with Gasteiger partial charge in [0, 0.05) is 19.3 Å². The van der Waals surface area contributed by atoms with E-state index in [2.05, 4.69) is 25.3 Å². The van der Waals surface area contributed by atoms with Gasteiger partial charge in [-0.3, -0.25) is 4.79 Å². The van der Waals surface area contributed by atoms with Gasteiger partial charge in [0.1, 0.15) is 5.82 Å². The van der Waals surface area contributed by atoms with Crippen molar-refractivity contribution in [3.63, 3.8) is 0 Å². The molecule has 3 aromatic rings. The third-order valence-corrected chi connectivity index (χ3v) is 5.26. The Labute approximate surface area is 188 Å². The highest BCUT2D eigenvalue weighted by atomic mass is 19.4. The summed E-state index contributed by atoms with van der Waals surface area (Å²) >= 11 is 0. The molecule has 174 valence electrons. The first-order valence-electron chi connectivity index (χ1n) is 10.5. The molecule has 4 heterocycles. The number of hydrogen-bond donors (Lipinski definition) is 1. The second-order valence-electron chi connectivity index (χ2n) is 7.87. The van der Waals surface area contributed by atoms with Crippen molar-refractivity contribution < 1.29 is 22.7 Å². The van der Waals surface area contributed by atoms with Crippen LogP contribution in [0.2, 0.25) is 0 Å². The summed E-state index contributed by atoms with van der Waals surface area (Å²) in [6, 6.07) is 5.77. The number of amides is 1. The standard InChI is InChI=1S/C22H23F3N6O2/c1-14(2)20-17(13-28-31(20)19-6-3-15(11-27-19)22(23,24)25)21(32)29-18-5-4-16(12-26-18)30-7-9-33-10-8-30/h3-6,11-14H,7-10H2,1-2H3,(H,26,29,32). The molecule has 0 spiro atoms. The van der Waals surface area contributed by atoms with Crippen LogP contribution in [0.5, 0.6) is 0 Å². The summed E-state index contributed by atoms with van der Waals surface area (Å²) in [6.07, 6.45) is -0.654. The Bertz CT molecular complexity index is 1100. The summed E-state index contributed by atoms with van der Waals surface area (Å²) < 4.78 is 45.3. The molecule has 1 amide bonds. The minimum Gasteiger partial charge on any atom is -0.378 e. The second kappa shape index (κ2) is 9.18. The van der Waals surface area contributed by atoms with Gasteiger partial charge in [0.05, 0.1) is 48.1 Å². The molecular weight excluding hydrogens is 437 g/mol. The lowest BCUT2D eigenvalue weighted by molar-refractivity contribution is -0.137. The third-order valence-electron chi connectivity index (χ3n) is 5.26. The molecule has 4 rings (SSSR count). The monoisotopic (exact) mass is 460 g/mol. The largest absolute Gasteiger partial charge is 0.417 e. The number of halogens is 3. The molecule has 3 aromatic heterocycles. The highest BCUT2D eigenvalue weighted by Gasteiger charge is 2.31. The van der Waals surface area contributed by atoms with Gasteiger partial charge in [-0.1, -0.05) is 13.8 Å². The maximum atomic E-state index is 13.0. The van der Waals surface area contributed by atoms with E-state index in [-0.39, 0.29) is 11.7 Å². The Balaban J connectivity index is 1.54. The van der Waals surface area contributed by atoms with Gasteiger partial charge < -0.3 is 15.0 Å². The fraction of sp³-hybridized carbons (Fsp3) is 0.364. The molecule has 0 saturated carbocycles. The first kappa shape index (κ1) is 22.7. The van der Waals surface area contributed by atoms with Gasteiger partial charge in [0.25, 0.3) is 5.91 Å². The van der Waals surface area contributed by atoms with E-state index in [1.807, 2.05) is 19.9 Å². The van der Waals surface area contributed by atoms with E-state index in [1.165, 1.54) is 16.9 Å². The number of nitrogens with zero attached hydrogens (tertiary/aromatic N) is 5. The predicted octanol–water partition coefficient (Wildman–Crippen LogP) is 3.89. The van der Waals surface area contributed by atoms with Crippen molar-refractivity contribution in [3.8, 4) is 5.82 Å². The maximum Gasteiger partial charge on any atom is 0.417 e. The van der Waals surface area contributed by atoms with Gasteiger partial charge in [-0.15, -0.1) is 0 Å². The molecular formula is C22H23F3N6O2. The van der Waals surface area contributed by atoms with Crippen molar-refractivity contribution in [3.05, 3.63) is 59.7 Å². The van der Waals surface area contributed by atoms with Gasteiger partial charge in [0.2, 0.25) is 0 Å². The van der Waals surface area contributed by atoms with E-state index in [9.17, 15) is 18.0 Å². The number of aromatic nitrogens is 4. The molecule has 1 saturated heterocycles. The van der Waals surface area contributed by atoms with Crippen LogP contribution < -0.4 is 10.2 Å². The number of alkyl halides is 3. The quantitative estimate of drug-likeness (QED) is 0.622. The van der Waals surface area contributed by atoms with E-state index in [0.717, 1.165) is 31.0 Å². The van der Waals surface area contributed by atoms with E-state index in [1.54, 1.807) is 12.3 Å². The normalized spacial score (nSPS) is 14.5. The van der Waals surface area contributed by atoms with Crippen molar-refractivity contribution in [2.75, 3.05) is 36.5 Å². The minimum atomic E-state index is -4.48. The lowest BCUT2D eigenvalue weighted by Crippen LogP contribution is -2.36. The van der Waals surface area contributed by atoms with Crippen LogP contribution in [0.1, 0.15) is 41.4 Å². The molecule has 1 aliphatic heterocycles. The molecule has 1 fully saturated rings. The Kier molecular flexibility index (Phi) is 6.32. The summed E-state index contributed by atoms with van der Waals surface area (Å²) in [5, 5.41) is 6.97. The van der Waals surface area contributed by atoms with E-state index in [0.29, 0.717) is 30.3 Å². The van der Waals surface area contributed by atoms with Gasteiger partial charge in [-0.05, 0) is 30.2 Å². The van der Waals surface area contributed by atoms with Crippen molar-refractivity contribution in [2.45, 2.75) is 25.9 Å². The number of carbonyl (C=O) groups is 1. The molecule has 0 atom stereocenters. The molecule has 0 unspecified atom stereocenters. The maximum absolute atomic E-state index is 13.0. The predicted molar refractivity (Wildman–Crippen MR) is 116 cm³/mol. The zero-order valence-electron chi connectivity index (χ0n) is 18.1. The topological polar surface area (TPSA) is 85.2 Å². The van der Waals surface area contributed by atoms with Crippen LogP contribution in [0.4, 0.5) is 24.7 Å². The zero-order valence-corrected chi connectivity index (χ0v) is 18.1. The number of carbonyl (C=O) groups excluding carboxylic acids is 1. The van der Waals surface area contributed by atoms with Gasteiger partial charge in [-0.2, -0.15) is 18.3 Å². The lowest BCUT2D eigenvalue weighted by atomic mass is 10.1. The van der Waals surface area contributed by atoms with Gasteiger partial charge in [-0.25, -0.2) is 14.6 Å². The summed E-state index contributed by atoms with van der Waals surface area (Å²) in [4.78, 5) is 23.3. The number of anilines is 2. The van der Waals surface area contributed by atoms with Crippen LogP contribution in [-0.2, 0) is 10.9 Å². The van der Waals surface area contributed by atoms with Crippen LogP contribution in [0.3, 0.4) is 0 Å². The summed E-state index contributed by atoms with van der Waals surface area (Å²) in [6.45, 7) is 6.61. The molecule has 33 heavy (non-hydrogen) atoms. The summed E-state index contributed by atoms with van der Waals surface area (Å²) in [5.74, 6) is 0.0170. The number of rotatable bonds is 5. The van der Waals surface area contributed by atoms with Gasteiger partial charge >= 0.3 is 6.18 Å². The van der Waals surface area contributed by atoms with Gasteiger partial charge in [0.15, 0.2) is 5.82 Å². The summed E-state index contributed by atoms with van der Waals surface area (Å²) in [5.41, 5.74) is 0.921. The highest BCUT2D eigenvalue weighted by molar-refractivity contribution is 6.04. The molecule has 1 aliphatic rings. The van der Waals surface area contributed by atoms with Crippen molar-refractivity contribution in [1.29, 1.82) is 0 Å². The molecule has 0 bridgehead atoms. The number of ether oxygens (including phenoxy) is 1. The molecule has 0 aliphatic carbocycles. The molecule has 0 aromatic carbocycles. The number of hydrogen-bond acceptors (Lipinski definition) is 6. The van der Waals surface area contributed by atoms with E-state index in [4.69, 9.17) is 4.74 Å². The third kappa shape index (κ3) is 4.98. The molecule has 8 nitrogen and oxygen atoms in total. The van der Waals surface area contributed by atoms with Crippen molar-refractivity contribution in [1.82, 2.24) is 19.7 Å². The van der Waals surface area contributed by atoms with Crippen LogP contribution in [0, 0.1) is 0 Å². The lowest BCUT2D eigenvalue weighted by Gasteiger charge is -2.28. The Morgan fingerprint density at radius 2 is 1.82 bits per heavy atom. The van der Waals surface area contributed by atoms with E-state index < -0.39 is 17.6 Å². The van der Waals surface area contributed by atoms with Crippen LogP contribution >= 0.6 is 0 Å². The number of nitrogens with one attached hydrogen (secondary N) is 1. The smallest absolute Gasteiger partial charge is 0.378 e. The van der Waals surface area contributed by atoms with Crippen molar-refractivity contribution >= 4 is 17.4 Å². The Morgan fingerprint density at radius 3 is 2.39 bits per heavy atom. The first-order chi connectivity index (χ1) is 15.7. The number of morpholine rings is 1. The zero-order chi connectivity index (χ0) is 23.6. The second-order valence-corrected chi connectivity index (χ2v) is 7.87. The van der Waals surface area contributed by atoms with Crippen molar-refractivity contribution in [2.24, 2.45) is 0 Å². The minimum absolute atomic E-state index is 0.144. The van der Waals surface area contributed by atoms with Crippen LogP contribution in [0.25, 0.3) is 5.82 Å². The van der Waals surface area contributed by atoms with E-state index >= 15 is 0 Å². The fourth-order valence-electron chi connectivity index (χ4n) is 3.60. The average molecular weight is 460 g/mol. The highest BCUT2D eigenvalue weighted by Crippen LogP contribution is 2.29. The molecule has 1 N–H and O–H groups in total. The van der Waals surface area contributed by atoms with Crippen LogP contribution in [0.15, 0.2) is 42.9 Å². The molecule has 11 heteroatoms. The first-order valence-corrected chi connectivity index (χ1v) is 10.5. The SMILES string of the molecule is CC(C)c1c(C(=O)Nc2ccc(N3CCOCC3)cn2)cnn1-c1ccc(C(F)(F)F)cn1.